The lowest BCUT2D eigenvalue weighted by Gasteiger charge is -2.42. The first-order valence-corrected chi connectivity index (χ1v) is 23.6. The molecule has 0 spiro atoms. The Morgan fingerprint density at radius 2 is 1.12 bits per heavy atom. The molecule has 2 aliphatic heterocycles. The van der Waals surface area contributed by atoms with E-state index in [0.717, 1.165) is 36.4 Å². The highest BCUT2D eigenvalue weighted by molar-refractivity contribution is 6.99. The minimum atomic E-state index is -0.150. The summed E-state index contributed by atoms with van der Waals surface area (Å²) >= 11 is 0. The predicted octanol–water partition coefficient (Wildman–Crippen LogP) is 14.8. The molecule has 318 valence electrons. The lowest BCUT2D eigenvalue weighted by atomic mass is 9.34. The number of benzene rings is 9. The van der Waals surface area contributed by atoms with Gasteiger partial charge >= 0.3 is 0 Å². The van der Waals surface area contributed by atoms with E-state index in [4.69, 9.17) is 4.74 Å². The Balaban J connectivity index is 1.21. The normalized spacial score (nSPS) is 12.8. The number of rotatable bonds is 8. The summed E-state index contributed by atoms with van der Waals surface area (Å²) in [7, 11) is 0. The van der Waals surface area contributed by atoms with Crippen LogP contribution in [-0.2, 0) is 11.8 Å². The molecule has 0 bridgehead atoms. The van der Waals surface area contributed by atoms with Crippen molar-refractivity contribution >= 4 is 62.0 Å². The molecule has 2 aliphatic rings. The number of aromatic nitrogens is 1. The zero-order chi connectivity index (χ0) is 44.5. The van der Waals surface area contributed by atoms with Crippen molar-refractivity contribution in [2.75, 3.05) is 4.90 Å². The molecule has 12 rings (SSSR count). The summed E-state index contributed by atoms with van der Waals surface area (Å²) in [5.41, 5.74) is 20.4. The molecule has 0 aliphatic carbocycles. The second kappa shape index (κ2) is 15.9. The third kappa shape index (κ3) is 6.58. The molecule has 3 nitrogen and oxygen atoms in total. The van der Waals surface area contributed by atoms with Gasteiger partial charge in [0, 0.05) is 33.4 Å². The molecule has 0 radical (unpaired) electrons. The van der Waals surface area contributed by atoms with Gasteiger partial charge in [0.25, 0.3) is 6.71 Å². The van der Waals surface area contributed by atoms with Gasteiger partial charge in [0.15, 0.2) is 0 Å². The van der Waals surface area contributed by atoms with Gasteiger partial charge in [0.1, 0.15) is 11.5 Å². The van der Waals surface area contributed by atoms with E-state index >= 15 is 0 Å². The summed E-state index contributed by atoms with van der Waals surface area (Å²) in [6.45, 7) is 9.19. The van der Waals surface area contributed by atoms with Gasteiger partial charge in [0.2, 0.25) is 0 Å². The van der Waals surface area contributed by atoms with Gasteiger partial charge in [-0.3, -0.25) is 0 Å². The maximum atomic E-state index is 7.19. The Morgan fingerprint density at radius 1 is 0.500 bits per heavy atom. The van der Waals surface area contributed by atoms with Crippen LogP contribution < -0.4 is 26.0 Å². The van der Waals surface area contributed by atoms with E-state index in [1.165, 1.54) is 99.8 Å². The fourth-order valence-corrected chi connectivity index (χ4v) is 10.7. The first kappa shape index (κ1) is 40.0. The maximum Gasteiger partial charge on any atom is 0.256 e. The number of hydrogen-bond acceptors (Lipinski definition) is 2. The topological polar surface area (TPSA) is 17.4 Å². The quantitative estimate of drug-likeness (QED) is 0.142. The average molecular weight is 851 g/mol. The molecule has 0 unspecified atom stereocenters. The van der Waals surface area contributed by atoms with Gasteiger partial charge in [-0.05, 0) is 128 Å². The molecule has 0 saturated carbocycles. The Kier molecular flexibility index (Phi) is 9.61. The van der Waals surface area contributed by atoms with Crippen molar-refractivity contribution < 1.29 is 4.74 Å². The van der Waals surface area contributed by atoms with E-state index < -0.39 is 0 Å². The van der Waals surface area contributed by atoms with Gasteiger partial charge in [-0.15, -0.1) is 0 Å². The Morgan fingerprint density at radius 3 is 1.77 bits per heavy atom. The zero-order valence-corrected chi connectivity index (χ0v) is 38.1. The van der Waals surface area contributed by atoms with Gasteiger partial charge < -0.3 is 14.2 Å². The Bertz CT molecular complexity index is 3420. The van der Waals surface area contributed by atoms with Crippen LogP contribution in [0.5, 0.6) is 11.5 Å². The van der Waals surface area contributed by atoms with Crippen molar-refractivity contribution in [3.8, 4) is 50.6 Å². The second-order valence-corrected chi connectivity index (χ2v) is 19.1. The molecule has 4 heteroatoms. The SMILES string of the molecule is CCCCc1cc(-c2ccccc2)cc(-c2ccccc2)c1N1c2cc(-n3c4ccccc4c4ccccc43)ccc2B2c3cc(-c4ccccc4)ccc3Oc3cc(C(C)(C)C)cc1c32. The van der Waals surface area contributed by atoms with Crippen LogP contribution in [0.25, 0.3) is 60.9 Å². The molecule has 0 fully saturated rings. The van der Waals surface area contributed by atoms with Gasteiger partial charge in [-0.1, -0.05) is 180 Å². The highest BCUT2D eigenvalue weighted by atomic mass is 16.5. The van der Waals surface area contributed by atoms with Crippen LogP contribution in [-0.4, -0.2) is 11.3 Å². The summed E-state index contributed by atoms with van der Waals surface area (Å²) in [4.78, 5) is 2.65. The van der Waals surface area contributed by atoms with Crippen molar-refractivity contribution in [1.29, 1.82) is 0 Å². The van der Waals surface area contributed by atoms with E-state index in [9.17, 15) is 0 Å². The molecule has 3 heterocycles. The van der Waals surface area contributed by atoms with Gasteiger partial charge in [-0.2, -0.15) is 0 Å². The summed E-state index contributed by atoms with van der Waals surface area (Å²) in [6.07, 6.45) is 3.10. The average Bonchev–Trinajstić information content (AvgIpc) is 3.70. The standard InChI is InChI=1S/C62H51BN2O/c1-5-6-20-45-35-46(42-23-12-8-13-24-42)36-51(43-25-14-9-15-26-43)61(45)65-56-40-48(64-54-29-18-16-27-49(54)50-28-17-19-30-55(50)64)32-33-52(56)63-53-37-44(41-21-10-7-11-22-41)31-34-58(53)66-59-39-47(62(2,3)4)38-57(65)60(59)63/h7-19,21-40H,5-6,20H2,1-4H3. The number of para-hydroxylation sites is 2. The van der Waals surface area contributed by atoms with Crippen LogP contribution in [0.1, 0.15) is 51.7 Å². The van der Waals surface area contributed by atoms with Crippen LogP contribution in [0.3, 0.4) is 0 Å². The van der Waals surface area contributed by atoms with Crippen molar-refractivity contribution in [3.05, 3.63) is 211 Å². The van der Waals surface area contributed by atoms with Crippen molar-refractivity contribution in [2.45, 2.75) is 52.4 Å². The summed E-state index contributed by atoms with van der Waals surface area (Å²) < 4.78 is 9.65. The van der Waals surface area contributed by atoms with Crippen LogP contribution in [0.15, 0.2) is 200 Å². The van der Waals surface area contributed by atoms with Crippen LogP contribution in [0.4, 0.5) is 17.1 Å². The highest BCUT2D eigenvalue weighted by Gasteiger charge is 2.44. The minimum absolute atomic E-state index is 0.0715. The van der Waals surface area contributed by atoms with E-state index in [0.29, 0.717) is 0 Å². The number of hydrogen-bond donors (Lipinski definition) is 0. The third-order valence-corrected chi connectivity index (χ3v) is 14.0. The number of aryl methyl sites for hydroxylation is 1. The highest BCUT2D eigenvalue weighted by Crippen LogP contribution is 2.50. The number of anilines is 3. The molecular formula is C62H51BN2O. The molecule has 10 aromatic rings. The Labute approximate surface area is 388 Å². The molecule has 0 amide bonds. The number of unbranched alkanes of at least 4 members (excludes halogenated alkanes) is 1. The molecule has 0 N–H and O–H groups in total. The predicted molar refractivity (Wildman–Crippen MR) is 280 cm³/mol. The number of fused-ring (bicyclic) bond motifs is 7. The molecular weight excluding hydrogens is 800 g/mol. The molecule has 0 saturated heterocycles. The largest absolute Gasteiger partial charge is 0.458 e. The summed E-state index contributed by atoms with van der Waals surface area (Å²) in [5.74, 6) is 1.85. The maximum absolute atomic E-state index is 7.19. The van der Waals surface area contributed by atoms with Crippen LogP contribution >= 0.6 is 0 Å². The van der Waals surface area contributed by atoms with Gasteiger partial charge in [0.05, 0.1) is 16.7 Å². The number of nitrogens with zero attached hydrogens (tertiary/aromatic N) is 2. The number of ether oxygens (including phenoxy) is 1. The molecule has 66 heavy (non-hydrogen) atoms. The molecule has 1 aromatic heterocycles. The van der Waals surface area contributed by atoms with Crippen LogP contribution in [0.2, 0.25) is 0 Å². The van der Waals surface area contributed by atoms with E-state index in [1.807, 2.05) is 0 Å². The first-order valence-electron chi connectivity index (χ1n) is 23.6. The summed E-state index contributed by atoms with van der Waals surface area (Å²) in [6, 6.07) is 74.2. The zero-order valence-electron chi connectivity index (χ0n) is 38.1. The third-order valence-electron chi connectivity index (χ3n) is 14.0. The monoisotopic (exact) mass is 850 g/mol. The Hall–Kier alpha value is -7.56. The van der Waals surface area contributed by atoms with Crippen molar-refractivity contribution in [2.24, 2.45) is 0 Å². The summed E-state index contributed by atoms with van der Waals surface area (Å²) in [5, 5.41) is 2.51. The van der Waals surface area contributed by atoms with Crippen molar-refractivity contribution in [3.63, 3.8) is 0 Å². The van der Waals surface area contributed by atoms with E-state index in [1.54, 1.807) is 0 Å². The lowest BCUT2D eigenvalue weighted by Crippen LogP contribution is -2.59. The van der Waals surface area contributed by atoms with Crippen molar-refractivity contribution in [1.82, 2.24) is 4.57 Å². The first-order chi connectivity index (χ1) is 32.3. The molecule has 9 aromatic carbocycles. The molecule has 0 atom stereocenters. The van der Waals surface area contributed by atoms with E-state index in [-0.39, 0.29) is 12.1 Å². The second-order valence-electron chi connectivity index (χ2n) is 19.1. The fourth-order valence-electron chi connectivity index (χ4n) is 10.7. The van der Waals surface area contributed by atoms with E-state index in [2.05, 4.69) is 237 Å². The van der Waals surface area contributed by atoms with Gasteiger partial charge in [-0.25, -0.2) is 0 Å². The minimum Gasteiger partial charge on any atom is -0.458 e. The fraction of sp³-hybridized carbons (Fsp3) is 0.129. The van der Waals surface area contributed by atoms with Crippen LogP contribution in [0, 0.1) is 0 Å². The lowest BCUT2D eigenvalue weighted by molar-refractivity contribution is 0.483. The smallest absolute Gasteiger partial charge is 0.256 e.